The van der Waals surface area contributed by atoms with Crippen LogP contribution in [0.5, 0.6) is 11.5 Å². The second-order valence-corrected chi connectivity index (χ2v) is 8.75. The van der Waals surface area contributed by atoms with Crippen LogP contribution < -0.4 is 14.4 Å². The average Bonchev–Trinajstić information content (AvgIpc) is 3.12. The molecule has 0 aromatic heterocycles. The summed E-state index contributed by atoms with van der Waals surface area (Å²) < 4.78 is 34.5. The van der Waals surface area contributed by atoms with E-state index in [1.807, 2.05) is 30.3 Å². The molecule has 0 aliphatic carbocycles. The number of alkyl halides is 2. The van der Waals surface area contributed by atoms with Crippen molar-refractivity contribution in [2.45, 2.75) is 6.61 Å². The third-order valence-electron chi connectivity index (χ3n) is 5.62. The van der Waals surface area contributed by atoms with E-state index < -0.39 is 17.8 Å². The molecule has 0 N–H and O–H groups in total. The normalized spacial score (nSPS) is 17.5. The number of methoxy groups -OCH3 is 1. The Hall–Kier alpha value is -3.60. The van der Waals surface area contributed by atoms with Crippen LogP contribution in [0.1, 0.15) is 5.56 Å². The zero-order valence-electron chi connectivity index (χ0n) is 18.9. The standard InChI is InChI=1S/C24H23F2N3O5S/c1-33-19-13-16(7-8-18(19)34-23(25)26)14-20-22(31)29(24(32)35-20)15-21(30)28-11-9-27(10-12-28)17-5-3-2-4-6-17/h2-8,13-14,23H,9-12,15H2,1H3/b20-14-. The van der Waals surface area contributed by atoms with E-state index in [2.05, 4.69) is 9.64 Å². The molecule has 3 amide bonds. The van der Waals surface area contributed by atoms with E-state index in [4.69, 9.17) is 4.74 Å². The van der Waals surface area contributed by atoms with E-state index in [-0.39, 0.29) is 28.9 Å². The Morgan fingerprint density at radius 1 is 1.06 bits per heavy atom. The predicted molar refractivity (Wildman–Crippen MR) is 128 cm³/mol. The van der Waals surface area contributed by atoms with Crippen LogP contribution in [0, 0.1) is 0 Å². The van der Waals surface area contributed by atoms with Gasteiger partial charge in [0.25, 0.3) is 11.1 Å². The molecule has 0 atom stereocenters. The molecule has 8 nitrogen and oxygen atoms in total. The number of para-hydroxylation sites is 1. The zero-order chi connectivity index (χ0) is 24.9. The molecule has 0 bridgehead atoms. The molecule has 0 unspecified atom stereocenters. The predicted octanol–water partition coefficient (Wildman–Crippen LogP) is 3.68. The summed E-state index contributed by atoms with van der Waals surface area (Å²) in [4.78, 5) is 43.0. The average molecular weight is 504 g/mol. The van der Waals surface area contributed by atoms with Crippen LogP contribution in [0.25, 0.3) is 6.08 Å². The highest BCUT2D eigenvalue weighted by molar-refractivity contribution is 8.18. The fourth-order valence-electron chi connectivity index (χ4n) is 3.84. The number of carbonyl (C=O) groups excluding carboxylic acids is 3. The van der Waals surface area contributed by atoms with Gasteiger partial charge in [-0.05, 0) is 47.7 Å². The van der Waals surface area contributed by atoms with Gasteiger partial charge in [-0.25, -0.2) is 0 Å². The van der Waals surface area contributed by atoms with E-state index in [9.17, 15) is 23.2 Å². The lowest BCUT2D eigenvalue weighted by atomic mass is 10.2. The highest BCUT2D eigenvalue weighted by atomic mass is 32.2. The van der Waals surface area contributed by atoms with Crippen LogP contribution in [-0.4, -0.2) is 73.3 Å². The van der Waals surface area contributed by atoms with Crippen LogP contribution in [0.15, 0.2) is 53.4 Å². The topological polar surface area (TPSA) is 79.4 Å². The maximum absolute atomic E-state index is 12.8. The molecule has 184 valence electrons. The number of piperazine rings is 1. The molecule has 11 heteroatoms. The quantitative estimate of drug-likeness (QED) is 0.534. The molecular formula is C24H23F2N3O5S. The fraction of sp³-hybridized carbons (Fsp3) is 0.292. The number of thioether (sulfide) groups is 1. The lowest BCUT2D eigenvalue weighted by Gasteiger charge is -2.36. The molecule has 0 radical (unpaired) electrons. The number of carbonyl (C=O) groups is 3. The van der Waals surface area contributed by atoms with E-state index in [1.54, 1.807) is 4.90 Å². The first-order valence-electron chi connectivity index (χ1n) is 10.8. The molecule has 0 spiro atoms. The van der Waals surface area contributed by atoms with E-state index in [0.29, 0.717) is 31.7 Å². The van der Waals surface area contributed by atoms with Crippen LogP contribution in [-0.2, 0) is 9.59 Å². The van der Waals surface area contributed by atoms with E-state index in [1.165, 1.54) is 31.4 Å². The number of nitrogens with zero attached hydrogens (tertiary/aromatic N) is 3. The van der Waals surface area contributed by atoms with Crippen LogP contribution in [0.4, 0.5) is 19.3 Å². The minimum Gasteiger partial charge on any atom is -0.493 e. The van der Waals surface area contributed by atoms with Crippen molar-refractivity contribution in [2.24, 2.45) is 0 Å². The van der Waals surface area contributed by atoms with Gasteiger partial charge in [0.15, 0.2) is 11.5 Å². The first-order chi connectivity index (χ1) is 16.9. The molecule has 2 aromatic carbocycles. The largest absolute Gasteiger partial charge is 0.493 e. The number of hydrogen-bond donors (Lipinski definition) is 0. The van der Waals surface area contributed by atoms with Crippen molar-refractivity contribution in [2.75, 3.05) is 44.7 Å². The molecule has 2 aliphatic rings. The maximum Gasteiger partial charge on any atom is 0.387 e. The summed E-state index contributed by atoms with van der Waals surface area (Å²) in [5, 5.41) is -0.540. The fourth-order valence-corrected chi connectivity index (χ4v) is 4.68. The summed E-state index contributed by atoms with van der Waals surface area (Å²) in [6.45, 7) is -1.04. The summed E-state index contributed by atoms with van der Waals surface area (Å²) in [6.07, 6.45) is 1.45. The van der Waals surface area contributed by atoms with Gasteiger partial charge in [-0.15, -0.1) is 0 Å². The summed E-state index contributed by atoms with van der Waals surface area (Å²) in [7, 11) is 1.30. The molecule has 2 heterocycles. The van der Waals surface area contributed by atoms with Crippen LogP contribution in [0.2, 0.25) is 0 Å². The number of hydrogen-bond acceptors (Lipinski definition) is 7. The van der Waals surface area contributed by atoms with Gasteiger partial charge in [0.05, 0.1) is 12.0 Å². The molecule has 2 saturated heterocycles. The van der Waals surface area contributed by atoms with Gasteiger partial charge in [-0.3, -0.25) is 19.3 Å². The minimum atomic E-state index is -3.01. The number of rotatable bonds is 7. The lowest BCUT2D eigenvalue weighted by molar-refractivity contribution is -0.136. The van der Waals surface area contributed by atoms with Crippen molar-refractivity contribution in [3.63, 3.8) is 0 Å². The molecule has 2 aromatic rings. The first kappa shape index (κ1) is 24.5. The Labute approximate surface area is 205 Å². The molecule has 2 fully saturated rings. The lowest BCUT2D eigenvalue weighted by Crippen LogP contribution is -2.51. The SMILES string of the molecule is COc1cc(/C=C2\SC(=O)N(CC(=O)N3CCN(c4ccccc4)CC3)C2=O)ccc1OC(F)F. The highest BCUT2D eigenvalue weighted by Crippen LogP contribution is 2.35. The van der Waals surface area contributed by atoms with Crippen molar-refractivity contribution in [3.8, 4) is 11.5 Å². The Balaban J connectivity index is 1.38. The Morgan fingerprint density at radius 3 is 2.43 bits per heavy atom. The monoisotopic (exact) mass is 503 g/mol. The number of imide groups is 1. The molecule has 35 heavy (non-hydrogen) atoms. The van der Waals surface area contributed by atoms with Crippen molar-refractivity contribution in [3.05, 3.63) is 59.0 Å². The van der Waals surface area contributed by atoms with Crippen molar-refractivity contribution in [1.82, 2.24) is 9.80 Å². The summed E-state index contributed by atoms with van der Waals surface area (Å²) >= 11 is 0.719. The number of benzene rings is 2. The Bertz CT molecular complexity index is 1140. The van der Waals surface area contributed by atoms with Crippen LogP contribution in [0.3, 0.4) is 0 Å². The number of halogens is 2. The molecular weight excluding hydrogens is 480 g/mol. The number of anilines is 1. The molecule has 0 saturated carbocycles. The van der Waals surface area contributed by atoms with Crippen molar-refractivity contribution >= 4 is 40.6 Å². The number of amides is 3. The van der Waals surface area contributed by atoms with E-state index in [0.717, 1.165) is 22.3 Å². The van der Waals surface area contributed by atoms with Gasteiger partial charge < -0.3 is 19.3 Å². The van der Waals surface area contributed by atoms with Gasteiger partial charge in [0.1, 0.15) is 6.54 Å². The zero-order valence-corrected chi connectivity index (χ0v) is 19.7. The first-order valence-corrected chi connectivity index (χ1v) is 11.6. The van der Waals surface area contributed by atoms with E-state index >= 15 is 0 Å². The van der Waals surface area contributed by atoms with Gasteiger partial charge in [0, 0.05) is 31.9 Å². The van der Waals surface area contributed by atoms with Gasteiger partial charge in [0.2, 0.25) is 5.91 Å². The molecule has 2 aliphatic heterocycles. The van der Waals surface area contributed by atoms with Gasteiger partial charge >= 0.3 is 6.61 Å². The maximum atomic E-state index is 12.8. The second-order valence-electron chi connectivity index (χ2n) is 7.76. The summed E-state index contributed by atoms with van der Waals surface area (Å²) in [5.41, 5.74) is 1.54. The highest BCUT2D eigenvalue weighted by Gasteiger charge is 2.37. The van der Waals surface area contributed by atoms with Gasteiger partial charge in [-0.2, -0.15) is 8.78 Å². The summed E-state index contributed by atoms with van der Waals surface area (Å²) in [5.74, 6) is -0.964. The minimum absolute atomic E-state index is 0.0584. The Morgan fingerprint density at radius 2 is 1.77 bits per heavy atom. The second kappa shape index (κ2) is 10.8. The molecule has 4 rings (SSSR count). The van der Waals surface area contributed by atoms with Crippen molar-refractivity contribution in [1.29, 1.82) is 0 Å². The third-order valence-corrected chi connectivity index (χ3v) is 6.53. The summed E-state index contributed by atoms with van der Waals surface area (Å²) in [6, 6.07) is 14.1. The third kappa shape index (κ3) is 5.73. The number of ether oxygens (including phenoxy) is 2. The van der Waals surface area contributed by atoms with Crippen LogP contribution >= 0.6 is 11.8 Å². The van der Waals surface area contributed by atoms with Crippen molar-refractivity contribution < 1.29 is 32.6 Å². The smallest absolute Gasteiger partial charge is 0.387 e. The Kier molecular flexibility index (Phi) is 7.54. The van der Waals surface area contributed by atoms with Gasteiger partial charge in [-0.1, -0.05) is 24.3 Å².